The van der Waals surface area contributed by atoms with Crippen molar-refractivity contribution in [1.82, 2.24) is 5.32 Å². The summed E-state index contributed by atoms with van der Waals surface area (Å²) in [6.07, 6.45) is 5.88. The van der Waals surface area contributed by atoms with Crippen molar-refractivity contribution in [3.05, 3.63) is 29.3 Å². The third-order valence-electron chi connectivity index (χ3n) is 4.37. The van der Waals surface area contributed by atoms with Crippen LogP contribution in [-0.4, -0.2) is 38.7 Å². The van der Waals surface area contributed by atoms with Crippen LogP contribution in [0.4, 0.5) is 10.5 Å². The van der Waals surface area contributed by atoms with E-state index in [0.717, 1.165) is 12.8 Å². The largest absolute Gasteiger partial charge is 0.465 e. The van der Waals surface area contributed by atoms with Gasteiger partial charge in [-0.15, -0.1) is 0 Å². The van der Waals surface area contributed by atoms with E-state index >= 15 is 0 Å². The van der Waals surface area contributed by atoms with E-state index in [0.29, 0.717) is 12.5 Å². The molecule has 0 unspecified atom stereocenters. The van der Waals surface area contributed by atoms with Crippen LogP contribution in [-0.2, 0) is 9.47 Å². The predicted octanol–water partition coefficient (Wildman–Crippen LogP) is 2.96. The standard InChI is InChI=1S/C18H24N2O5/c1-24-16(21)13-8-9-14(17(22)25-2)15(10-13)20-18(23)19-11-12-6-4-3-5-7-12/h8-10,12H,3-7,11H2,1-2H3,(H2,19,20,23). The molecule has 1 aromatic rings. The maximum atomic E-state index is 12.2. The minimum absolute atomic E-state index is 0.169. The zero-order chi connectivity index (χ0) is 18.2. The van der Waals surface area contributed by atoms with Crippen LogP contribution in [0.1, 0.15) is 52.8 Å². The number of hydrogen-bond donors (Lipinski definition) is 2. The summed E-state index contributed by atoms with van der Waals surface area (Å²) < 4.78 is 9.38. The van der Waals surface area contributed by atoms with Gasteiger partial charge in [-0.1, -0.05) is 19.3 Å². The van der Waals surface area contributed by atoms with Gasteiger partial charge >= 0.3 is 18.0 Å². The zero-order valence-corrected chi connectivity index (χ0v) is 14.6. The molecule has 0 heterocycles. The summed E-state index contributed by atoms with van der Waals surface area (Å²) in [6.45, 7) is 0.593. The maximum Gasteiger partial charge on any atom is 0.339 e. The van der Waals surface area contributed by atoms with Gasteiger partial charge in [0.2, 0.25) is 0 Å². The smallest absolute Gasteiger partial charge is 0.339 e. The molecule has 1 aliphatic rings. The number of carbonyl (C=O) groups is 3. The van der Waals surface area contributed by atoms with E-state index in [1.165, 1.54) is 51.7 Å². The highest BCUT2D eigenvalue weighted by Crippen LogP contribution is 2.23. The van der Waals surface area contributed by atoms with Crippen molar-refractivity contribution in [2.45, 2.75) is 32.1 Å². The molecule has 2 rings (SSSR count). The summed E-state index contributed by atoms with van der Waals surface area (Å²) in [5.41, 5.74) is 0.608. The van der Waals surface area contributed by atoms with Crippen molar-refractivity contribution in [3.63, 3.8) is 0 Å². The van der Waals surface area contributed by atoms with Crippen LogP contribution in [0, 0.1) is 5.92 Å². The summed E-state index contributed by atoms with van der Waals surface area (Å²) in [5.74, 6) is -0.665. The molecule has 2 amide bonds. The van der Waals surface area contributed by atoms with Crippen LogP contribution in [0.25, 0.3) is 0 Å². The molecule has 0 radical (unpaired) electrons. The monoisotopic (exact) mass is 348 g/mol. The van der Waals surface area contributed by atoms with Crippen LogP contribution in [0.3, 0.4) is 0 Å². The fourth-order valence-corrected chi connectivity index (χ4v) is 2.98. The van der Waals surface area contributed by atoms with Gasteiger partial charge in [0, 0.05) is 6.54 Å². The first-order chi connectivity index (χ1) is 12.0. The summed E-state index contributed by atoms with van der Waals surface area (Å²) in [6, 6.07) is 3.86. The van der Waals surface area contributed by atoms with Gasteiger partial charge in [0.15, 0.2) is 0 Å². The van der Waals surface area contributed by atoms with Crippen molar-refractivity contribution in [3.8, 4) is 0 Å². The van der Waals surface area contributed by atoms with Crippen molar-refractivity contribution >= 4 is 23.7 Å². The lowest BCUT2D eigenvalue weighted by atomic mass is 9.89. The van der Waals surface area contributed by atoms with Crippen molar-refractivity contribution in [2.24, 2.45) is 5.92 Å². The van der Waals surface area contributed by atoms with Gasteiger partial charge in [-0.2, -0.15) is 0 Å². The highest BCUT2D eigenvalue weighted by atomic mass is 16.5. The first-order valence-electron chi connectivity index (χ1n) is 8.40. The van der Waals surface area contributed by atoms with Crippen LogP contribution in [0.5, 0.6) is 0 Å². The SMILES string of the molecule is COC(=O)c1ccc(C(=O)OC)c(NC(=O)NCC2CCCCC2)c1. The van der Waals surface area contributed by atoms with Crippen LogP contribution in [0.2, 0.25) is 0 Å². The first kappa shape index (κ1) is 18.8. The second-order valence-electron chi connectivity index (χ2n) is 6.08. The molecule has 0 atom stereocenters. The molecule has 7 heteroatoms. The number of urea groups is 1. The number of rotatable bonds is 5. The number of methoxy groups -OCH3 is 2. The Hall–Kier alpha value is -2.57. The van der Waals surface area contributed by atoms with E-state index in [2.05, 4.69) is 15.4 Å². The minimum Gasteiger partial charge on any atom is -0.465 e. The number of carbonyl (C=O) groups excluding carboxylic acids is 3. The van der Waals surface area contributed by atoms with E-state index in [-0.39, 0.29) is 16.8 Å². The normalized spacial score (nSPS) is 14.5. The number of esters is 2. The molecule has 1 aliphatic carbocycles. The zero-order valence-electron chi connectivity index (χ0n) is 14.6. The second kappa shape index (κ2) is 9.05. The molecule has 0 aliphatic heterocycles. The number of ether oxygens (including phenoxy) is 2. The third-order valence-corrected chi connectivity index (χ3v) is 4.37. The van der Waals surface area contributed by atoms with Crippen LogP contribution >= 0.6 is 0 Å². The third kappa shape index (κ3) is 5.20. The van der Waals surface area contributed by atoms with Crippen molar-refractivity contribution in [2.75, 3.05) is 26.1 Å². The van der Waals surface area contributed by atoms with Gasteiger partial charge in [-0.3, -0.25) is 0 Å². The lowest BCUT2D eigenvalue weighted by molar-refractivity contribution is 0.0587. The van der Waals surface area contributed by atoms with Gasteiger partial charge in [0.25, 0.3) is 0 Å². The summed E-state index contributed by atoms with van der Waals surface area (Å²) in [5, 5.41) is 5.46. The lowest BCUT2D eigenvalue weighted by Gasteiger charge is -2.22. The second-order valence-corrected chi connectivity index (χ2v) is 6.08. The predicted molar refractivity (Wildman–Crippen MR) is 92.7 cm³/mol. The van der Waals surface area contributed by atoms with E-state index in [1.54, 1.807) is 0 Å². The number of anilines is 1. The maximum absolute atomic E-state index is 12.2. The van der Waals surface area contributed by atoms with Gasteiger partial charge in [-0.25, -0.2) is 14.4 Å². The van der Waals surface area contributed by atoms with Crippen molar-refractivity contribution < 1.29 is 23.9 Å². The summed E-state index contributed by atoms with van der Waals surface area (Å²) >= 11 is 0. The Labute approximate surface area is 147 Å². The molecule has 136 valence electrons. The van der Waals surface area contributed by atoms with Crippen LogP contribution < -0.4 is 10.6 Å². The number of hydrogen-bond acceptors (Lipinski definition) is 5. The molecular weight excluding hydrogens is 324 g/mol. The fourth-order valence-electron chi connectivity index (χ4n) is 2.98. The average molecular weight is 348 g/mol. The van der Waals surface area contributed by atoms with E-state index in [1.807, 2.05) is 0 Å². The Morgan fingerprint density at radius 1 is 1.04 bits per heavy atom. The number of nitrogens with one attached hydrogen (secondary N) is 2. The highest BCUT2D eigenvalue weighted by Gasteiger charge is 2.18. The molecule has 1 saturated carbocycles. The quantitative estimate of drug-likeness (QED) is 0.798. The number of benzene rings is 1. The number of amides is 2. The average Bonchev–Trinajstić information content (AvgIpc) is 2.65. The van der Waals surface area contributed by atoms with E-state index < -0.39 is 18.0 Å². The molecule has 0 aromatic heterocycles. The summed E-state index contributed by atoms with van der Waals surface area (Å²) in [4.78, 5) is 35.7. The lowest BCUT2D eigenvalue weighted by Crippen LogP contribution is -2.34. The molecule has 7 nitrogen and oxygen atoms in total. The van der Waals surface area contributed by atoms with Gasteiger partial charge in [0.05, 0.1) is 31.0 Å². The Kier molecular flexibility index (Phi) is 6.80. The summed E-state index contributed by atoms with van der Waals surface area (Å²) in [7, 11) is 2.52. The van der Waals surface area contributed by atoms with Crippen LogP contribution in [0.15, 0.2) is 18.2 Å². The molecule has 2 N–H and O–H groups in total. The molecule has 25 heavy (non-hydrogen) atoms. The fraction of sp³-hybridized carbons (Fsp3) is 0.500. The molecule has 1 aromatic carbocycles. The van der Waals surface area contributed by atoms with Gasteiger partial charge < -0.3 is 20.1 Å². The molecule has 1 fully saturated rings. The van der Waals surface area contributed by atoms with Gasteiger partial charge in [0.1, 0.15) is 0 Å². The molecule has 0 saturated heterocycles. The van der Waals surface area contributed by atoms with Gasteiger partial charge in [-0.05, 0) is 37.0 Å². The van der Waals surface area contributed by atoms with E-state index in [9.17, 15) is 14.4 Å². The molecule has 0 spiro atoms. The highest BCUT2D eigenvalue weighted by molar-refractivity contribution is 6.03. The molecule has 0 bridgehead atoms. The Bertz CT molecular complexity index is 638. The Balaban J connectivity index is 2.07. The topological polar surface area (TPSA) is 93.7 Å². The van der Waals surface area contributed by atoms with Crippen molar-refractivity contribution in [1.29, 1.82) is 0 Å². The molecular formula is C18H24N2O5. The first-order valence-corrected chi connectivity index (χ1v) is 8.40. The van der Waals surface area contributed by atoms with E-state index in [4.69, 9.17) is 4.74 Å². The Morgan fingerprint density at radius 2 is 1.72 bits per heavy atom. The Morgan fingerprint density at radius 3 is 2.36 bits per heavy atom. The minimum atomic E-state index is -0.598.